The summed E-state index contributed by atoms with van der Waals surface area (Å²) in [6, 6.07) is 0. The van der Waals surface area contributed by atoms with Crippen LogP contribution in [0.5, 0.6) is 0 Å². The minimum Gasteiger partial charge on any atom is -0.383 e. The molecular formula is C28H45N3. The topological polar surface area (TPSA) is 36.1 Å². The van der Waals surface area contributed by atoms with Gasteiger partial charge in [0.2, 0.25) is 0 Å². The Kier molecular flexibility index (Phi) is 7.86. The molecule has 0 spiro atoms. The van der Waals surface area contributed by atoms with E-state index in [9.17, 15) is 0 Å². The molecule has 0 atom stereocenters. The molecule has 0 fully saturated rings. The van der Waals surface area contributed by atoms with Gasteiger partial charge in [-0.1, -0.05) is 0 Å². The Bertz CT molecular complexity index is 909. The van der Waals surface area contributed by atoms with Crippen LogP contribution in [0.25, 0.3) is 0 Å². The lowest BCUT2D eigenvalue weighted by Gasteiger charge is -2.31. The first kappa shape index (κ1) is 25.3. The predicted octanol–water partition coefficient (Wildman–Crippen LogP) is 6.66. The van der Waals surface area contributed by atoms with Crippen LogP contribution in [0.2, 0.25) is 0 Å². The van der Waals surface area contributed by atoms with E-state index in [-0.39, 0.29) is 5.54 Å². The largest absolute Gasteiger partial charge is 0.383 e. The summed E-state index contributed by atoms with van der Waals surface area (Å²) in [7, 11) is 0. The fourth-order valence-corrected chi connectivity index (χ4v) is 4.51. The van der Waals surface area contributed by atoms with E-state index in [1.807, 2.05) is 0 Å². The van der Waals surface area contributed by atoms with Gasteiger partial charge in [0, 0.05) is 36.5 Å². The standard InChI is InChI=1S/C28H45N3/c1-16-18(3)22(7)26(23(8)19(16)4)30-14-13-29-15-28(11,12)31-27-24(9)20(5)17(2)21(6)25(27)10/h29-31H,13-15H2,1-12H3. The number of anilines is 2. The van der Waals surface area contributed by atoms with E-state index in [1.165, 1.54) is 67.0 Å². The van der Waals surface area contributed by atoms with Crippen LogP contribution in [-0.4, -0.2) is 25.2 Å². The molecule has 0 aliphatic heterocycles. The molecule has 0 aliphatic rings. The lowest BCUT2D eigenvalue weighted by molar-refractivity contribution is 0.507. The van der Waals surface area contributed by atoms with Gasteiger partial charge in [-0.25, -0.2) is 0 Å². The van der Waals surface area contributed by atoms with Gasteiger partial charge in [0.05, 0.1) is 0 Å². The highest BCUT2D eigenvalue weighted by atomic mass is 15.0. The summed E-state index contributed by atoms with van der Waals surface area (Å²) in [5.74, 6) is 0. The number of nitrogens with one attached hydrogen (secondary N) is 3. The minimum atomic E-state index is -0.0352. The molecule has 2 aromatic carbocycles. The van der Waals surface area contributed by atoms with E-state index < -0.39 is 0 Å². The maximum atomic E-state index is 3.83. The molecule has 0 heterocycles. The zero-order valence-corrected chi connectivity index (χ0v) is 22.1. The first-order chi connectivity index (χ1) is 14.3. The number of rotatable bonds is 8. The highest BCUT2D eigenvalue weighted by molar-refractivity contribution is 5.66. The van der Waals surface area contributed by atoms with Gasteiger partial charge in [0.1, 0.15) is 0 Å². The van der Waals surface area contributed by atoms with Crippen molar-refractivity contribution in [1.29, 1.82) is 0 Å². The summed E-state index contributed by atoms with van der Waals surface area (Å²) in [4.78, 5) is 0. The molecule has 2 rings (SSSR count). The lowest BCUT2D eigenvalue weighted by atomic mass is 9.91. The number of hydrogen-bond acceptors (Lipinski definition) is 3. The van der Waals surface area contributed by atoms with Gasteiger partial charge in [-0.3, -0.25) is 0 Å². The van der Waals surface area contributed by atoms with E-state index in [2.05, 4.69) is 99.0 Å². The maximum Gasteiger partial charge on any atom is 0.0441 e. The molecule has 0 bridgehead atoms. The average molecular weight is 424 g/mol. The molecule has 2 aromatic rings. The molecule has 31 heavy (non-hydrogen) atoms. The Morgan fingerprint density at radius 3 is 1.26 bits per heavy atom. The number of benzene rings is 2. The van der Waals surface area contributed by atoms with Gasteiger partial charge in [-0.2, -0.15) is 0 Å². The smallest absolute Gasteiger partial charge is 0.0441 e. The van der Waals surface area contributed by atoms with Crippen molar-refractivity contribution in [2.75, 3.05) is 30.3 Å². The summed E-state index contributed by atoms with van der Waals surface area (Å²) in [6.07, 6.45) is 0. The second-order valence-electron chi connectivity index (χ2n) is 10.1. The van der Waals surface area contributed by atoms with Gasteiger partial charge in [-0.15, -0.1) is 0 Å². The Hall–Kier alpha value is -2.00. The highest BCUT2D eigenvalue weighted by Crippen LogP contribution is 2.32. The first-order valence-electron chi connectivity index (χ1n) is 11.7. The molecular weight excluding hydrogens is 378 g/mol. The van der Waals surface area contributed by atoms with Crippen LogP contribution in [0, 0.1) is 69.2 Å². The average Bonchev–Trinajstić information content (AvgIpc) is 2.73. The van der Waals surface area contributed by atoms with Crippen molar-refractivity contribution in [2.24, 2.45) is 0 Å². The lowest BCUT2D eigenvalue weighted by Crippen LogP contribution is -2.43. The van der Waals surface area contributed by atoms with Gasteiger partial charge in [-0.05, 0) is 139 Å². The van der Waals surface area contributed by atoms with Crippen molar-refractivity contribution in [3.8, 4) is 0 Å². The van der Waals surface area contributed by atoms with Gasteiger partial charge in [0.15, 0.2) is 0 Å². The summed E-state index contributed by atoms with van der Waals surface area (Å²) < 4.78 is 0. The molecule has 0 amide bonds. The van der Waals surface area contributed by atoms with Crippen molar-refractivity contribution >= 4 is 11.4 Å². The molecule has 172 valence electrons. The third kappa shape index (κ3) is 5.26. The SMILES string of the molecule is Cc1c(C)c(C)c(NCCNCC(C)(C)Nc2c(C)c(C)c(C)c(C)c2C)c(C)c1C. The number of hydrogen-bond donors (Lipinski definition) is 3. The molecule has 3 heteroatoms. The predicted molar refractivity (Wildman–Crippen MR) is 139 cm³/mol. The van der Waals surface area contributed by atoms with Gasteiger partial charge in [0.25, 0.3) is 0 Å². The van der Waals surface area contributed by atoms with Crippen LogP contribution in [0.15, 0.2) is 0 Å². The molecule has 0 radical (unpaired) electrons. The monoisotopic (exact) mass is 423 g/mol. The fraction of sp³-hybridized carbons (Fsp3) is 0.571. The Labute approximate surface area is 191 Å². The Morgan fingerprint density at radius 1 is 0.484 bits per heavy atom. The molecule has 0 aromatic heterocycles. The zero-order chi connectivity index (χ0) is 23.7. The molecule has 0 aliphatic carbocycles. The van der Waals surface area contributed by atoms with Gasteiger partial charge < -0.3 is 16.0 Å². The van der Waals surface area contributed by atoms with E-state index >= 15 is 0 Å². The molecule has 3 N–H and O–H groups in total. The summed E-state index contributed by atoms with van der Waals surface area (Å²) in [5, 5.41) is 11.2. The normalized spacial score (nSPS) is 11.7. The van der Waals surface area contributed by atoms with Crippen molar-refractivity contribution < 1.29 is 0 Å². The zero-order valence-electron chi connectivity index (χ0n) is 22.1. The first-order valence-corrected chi connectivity index (χ1v) is 11.7. The van der Waals surface area contributed by atoms with Crippen LogP contribution in [0.1, 0.15) is 69.5 Å². The third-order valence-corrected chi connectivity index (χ3v) is 7.63. The Morgan fingerprint density at radius 2 is 0.839 bits per heavy atom. The van der Waals surface area contributed by atoms with Crippen LogP contribution in [0.4, 0.5) is 11.4 Å². The summed E-state index contributed by atoms with van der Waals surface area (Å²) in [5.41, 5.74) is 16.5. The molecule has 0 saturated carbocycles. The third-order valence-electron chi connectivity index (χ3n) is 7.63. The quantitative estimate of drug-likeness (QED) is 0.415. The molecule has 0 saturated heterocycles. The van der Waals surface area contributed by atoms with Crippen molar-refractivity contribution in [3.63, 3.8) is 0 Å². The fourth-order valence-electron chi connectivity index (χ4n) is 4.51. The second-order valence-corrected chi connectivity index (χ2v) is 10.1. The van der Waals surface area contributed by atoms with E-state index in [4.69, 9.17) is 0 Å². The van der Waals surface area contributed by atoms with Crippen LogP contribution in [-0.2, 0) is 0 Å². The maximum absolute atomic E-state index is 3.83. The van der Waals surface area contributed by atoms with E-state index in [0.29, 0.717) is 0 Å². The highest BCUT2D eigenvalue weighted by Gasteiger charge is 2.21. The molecule has 0 unspecified atom stereocenters. The summed E-state index contributed by atoms with van der Waals surface area (Å²) >= 11 is 0. The van der Waals surface area contributed by atoms with Crippen molar-refractivity contribution in [1.82, 2.24) is 5.32 Å². The minimum absolute atomic E-state index is 0.0352. The van der Waals surface area contributed by atoms with E-state index in [1.54, 1.807) is 0 Å². The van der Waals surface area contributed by atoms with Crippen LogP contribution >= 0.6 is 0 Å². The van der Waals surface area contributed by atoms with Crippen LogP contribution in [0.3, 0.4) is 0 Å². The summed E-state index contributed by atoms with van der Waals surface area (Å²) in [6.45, 7) is 29.6. The van der Waals surface area contributed by atoms with Crippen molar-refractivity contribution in [2.45, 2.75) is 88.6 Å². The molecule has 3 nitrogen and oxygen atoms in total. The van der Waals surface area contributed by atoms with E-state index in [0.717, 1.165) is 19.6 Å². The van der Waals surface area contributed by atoms with Crippen molar-refractivity contribution in [3.05, 3.63) is 55.6 Å². The Balaban J connectivity index is 1.98. The van der Waals surface area contributed by atoms with Crippen LogP contribution < -0.4 is 16.0 Å². The second kappa shape index (κ2) is 9.65. The van der Waals surface area contributed by atoms with Gasteiger partial charge >= 0.3 is 0 Å².